The van der Waals surface area contributed by atoms with Gasteiger partial charge in [-0.05, 0) is 25.5 Å². The first-order valence-electron chi connectivity index (χ1n) is 4.41. The van der Waals surface area contributed by atoms with Crippen molar-refractivity contribution < 1.29 is 8.78 Å². The van der Waals surface area contributed by atoms with Crippen LogP contribution in [0, 0.1) is 6.92 Å². The zero-order chi connectivity index (χ0) is 10.8. The molecule has 0 fully saturated rings. The van der Waals surface area contributed by atoms with Crippen molar-refractivity contribution in [1.29, 1.82) is 0 Å². The molecule has 0 amide bonds. The smallest absolute Gasteiger partial charge is 0.256 e. The Morgan fingerprint density at radius 2 is 2.21 bits per heavy atom. The number of nitrogens with two attached hydrogens (primary N) is 1. The van der Waals surface area contributed by atoms with E-state index in [4.69, 9.17) is 5.73 Å². The molecule has 1 rings (SSSR count). The fraction of sp³-hybridized carbons (Fsp3) is 0.500. The molecule has 0 aliphatic carbocycles. The van der Waals surface area contributed by atoms with Gasteiger partial charge in [-0.15, -0.1) is 0 Å². The Labute approximate surface area is 82.1 Å². The summed E-state index contributed by atoms with van der Waals surface area (Å²) in [5, 5.41) is 0. The zero-order valence-electron chi connectivity index (χ0n) is 8.30. The summed E-state index contributed by atoms with van der Waals surface area (Å²) in [7, 11) is 0. The summed E-state index contributed by atoms with van der Waals surface area (Å²) in [5.41, 5.74) is 5.50. The molecule has 78 valence electrons. The van der Waals surface area contributed by atoms with E-state index in [9.17, 15) is 8.78 Å². The van der Waals surface area contributed by atoms with Gasteiger partial charge in [0.2, 0.25) is 0 Å². The van der Waals surface area contributed by atoms with Crippen molar-refractivity contribution in [2.24, 2.45) is 5.73 Å². The van der Waals surface area contributed by atoms with Crippen molar-refractivity contribution in [3.8, 4) is 0 Å². The summed E-state index contributed by atoms with van der Waals surface area (Å²) in [6.07, 6.45) is -0.856. The monoisotopic (exact) mass is 200 g/mol. The fourth-order valence-electron chi connectivity index (χ4n) is 1.14. The second-order valence-electron chi connectivity index (χ2n) is 3.75. The van der Waals surface area contributed by atoms with E-state index >= 15 is 0 Å². The van der Waals surface area contributed by atoms with Gasteiger partial charge in [0.15, 0.2) is 0 Å². The largest absolute Gasteiger partial charge is 0.320 e. The summed E-state index contributed by atoms with van der Waals surface area (Å²) in [6.45, 7) is 3.18. The van der Waals surface area contributed by atoms with E-state index < -0.39 is 12.0 Å². The Kier molecular flexibility index (Phi) is 3.16. The maximum Gasteiger partial charge on any atom is 0.256 e. The Bertz CT molecular complexity index is 311. The first kappa shape index (κ1) is 11.0. The third kappa shape index (κ3) is 2.48. The molecular weight excluding hydrogens is 186 g/mol. The normalized spacial score (nSPS) is 15.6. The average Bonchev–Trinajstić information content (AvgIpc) is 2.08. The van der Waals surface area contributed by atoms with E-state index in [1.165, 1.54) is 6.92 Å². The van der Waals surface area contributed by atoms with Crippen LogP contribution < -0.4 is 5.73 Å². The molecule has 0 bridgehead atoms. The lowest BCUT2D eigenvalue weighted by Crippen LogP contribution is -2.46. The molecule has 1 aromatic heterocycles. The number of hydrogen-bond acceptors (Lipinski definition) is 2. The molecule has 0 aromatic carbocycles. The highest BCUT2D eigenvalue weighted by molar-refractivity contribution is 5.19. The molecule has 1 atom stereocenters. The standard InChI is InChI=1S/C10H14F2N2/c1-7-4-3-5-14-8(7)6-10(2,13)9(11)12/h3-5,9H,6,13H2,1-2H3. The maximum atomic E-state index is 12.5. The summed E-state index contributed by atoms with van der Waals surface area (Å²) in [6, 6.07) is 3.61. The van der Waals surface area contributed by atoms with Gasteiger partial charge in [-0.1, -0.05) is 6.07 Å². The van der Waals surface area contributed by atoms with Gasteiger partial charge in [-0.2, -0.15) is 0 Å². The van der Waals surface area contributed by atoms with E-state index in [-0.39, 0.29) is 6.42 Å². The zero-order valence-corrected chi connectivity index (χ0v) is 8.30. The van der Waals surface area contributed by atoms with Crippen LogP contribution in [0.2, 0.25) is 0 Å². The lowest BCUT2D eigenvalue weighted by Gasteiger charge is -2.23. The minimum Gasteiger partial charge on any atom is -0.320 e. The van der Waals surface area contributed by atoms with Crippen LogP contribution in [0.3, 0.4) is 0 Å². The molecule has 0 spiro atoms. The van der Waals surface area contributed by atoms with Gasteiger partial charge in [0.05, 0.1) is 5.54 Å². The van der Waals surface area contributed by atoms with Crippen molar-refractivity contribution in [2.75, 3.05) is 0 Å². The molecule has 1 aromatic rings. The summed E-state index contributed by atoms with van der Waals surface area (Å²) in [4.78, 5) is 4.03. The van der Waals surface area contributed by atoms with E-state index in [0.717, 1.165) is 5.56 Å². The topological polar surface area (TPSA) is 38.9 Å². The molecule has 1 unspecified atom stereocenters. The number of alkyl halides is 2. The highest BCUT2D eigenvalue weighted by Gasteiger charge is 2.31. The third-order valence-electron chi connectivity index (χ3n) is 2.16. The van der Waals surface area contributed by atoms with Crippen molar-refractivity contribution in [3.05, 3.63) is 29.6 Å². The number of aromatic nitrogens is 1. The molecule has 2 N–H and O–H groups in total. The van der Waals surface area contributed by atoms with E-state index in [1.807, 2.05) is 13.0 Å². The molecule has 0 saturated carbocycles. The van der Waals surface area contributed by atoms with E-state index in [1.54, 1.807) is 12.3 Å². The summed E-state index contributed by atoms with van der Waals surface area (Å²) in [5.74, 6) is 0. The van der Waals surface area contributed by atoms with Gasteiger partial charge in [0.1, 0.15) is 0 Å². The lowest BCUT2D eigenvalue weighted by molar-refractivity contribution is 0.0633. The quantitative estimate of drug-likeness (QED) is 0.809. The first-order chi connectivity index (χ1) is 6.43. The predicted molar refractivity (Wildman–Crippen MR) is 51.3 cm³/mol. The number of nitrogens with zero attached hydrogens (tertiary/aromatic N) is 1. The molecule has 0 saturated heterocycles. The van der Waals surface area contributed by atoms with Crippen LogP contribution in [0.25, 0.3) is 0 Å². The molecule has 0 aliphatic heterocycles. The van der Waals surface area contributed by atoms with Crippen LogP contribution in [0.4, 0.5) is 8.78 Å². The molecule has 2 nitrogen and oxygen atoms in total. The molecule has 0 radical (unpaired) electrons. The Hall–Kier alpha value is -1.03. The number of halogens is 2. The van der Waals surface area contributed by atoms with Gasteiger partial charge in [-0.25, -0.2) is 8.78 Å². The fourth-order valence-corrected chi connectivity index (χ4v) is 1.14. The Morgan fingerprint density at radius 1 is 1.57 bits per heavy atom. The number of pyridine rings is 1. The maximum absolute atomic E-state index is 12.5. The molecule has 1 heterocycles. The minimum atomic E-state index is -2.54. The SMILES string of the molecule is Cc1cccnc1CC(C)(N)C(F)F. The van der Waals surface area contributed by atoms with Crippen molar-refractivity contribution >= 4 is 0 Å². The second-order valence-corrected chi connectivity index (χ2v) is 3.75. The number of aryl methyl sites for hydroxylation is 1. The van der Waals surface area contributed by atoms with Gasteiger partial charge in [0.25, 0.3) is 6.43 Å². The van der Waals surface area contributed by atoms with Gasteiger partial charge in [0, 0.05) is 18.3 Å². The highest BCUT2D eigenvalue weighted by atomic mass is 19.3. The van der Waals surface area contributed by atoms with Crippen LogP contribution in [0.15, 0.2) is 18.3 Å². The summed E-state index contributed by atoms with van der Waals surface area (Å²) < 4.78 is 25.0. The van der Waals surface area contributed by atoms with Crippen LogP contribution in [-0.2, 0) is 6.42 Å². The number of rotatable bonds is 3. The Balaban J connectivity index is 2.84. The van der Waals surface area contributed by atoms with Gasteiger partial charge in [-0.3, -0.25) is 4.98 Å². The molecule has 4 heteroatoms. The average molecular weight is 200 g/mol. The lowest BCUT2D eigenvalue weighted by atomic mass is 9.95. The van der Waals surface area contributed by atoms with Crippen molar-refractivity contribution in [3.63, 3.8) is 0 Å². The second kappa shape index (κ2) is 4.00. The highest BCUT2D eigenvalue weighted by Crippen LogP contribution is 2.18. The van der Waals surface area contributed by atoms with Crippen LogP contribution in [0.5, 0.6) is 0 Å². The summed E-state index contributed by atoms with van der Waals surface area (Å²) >= 11 is 0. The predicted octanol–water partition coefficient (Wildman–Crippen LogP) is 1.92. The number of hydrogen-bond donors (Lipinski definition) is 1. The molecule has 14 heavy (non-hydrogen) atoms. The van der Waals surface area contributed by atoms with Crippen LogP contribution in [-0.4, -0.2) is 16.9 Å². The molecule has 0 aliphatic rings. The third-order valence-corrected chi connectivity index (χ3v) is 2.16. The van der Waals surface area contributed by atoms with Crippen molar-refractivity contribution in [1.82, 2.24) is 4.98 Å². The van der Waals surface area contributed by atoms with Crippen molar-refractivity contribution in [2.45, 2.75) is 32.2 Å². The van der Waals surface area contributed by atoms with E-state index in [0.29, 0.717) is 5.69 Å². The van der Waals surface area contributed by atoms with E-state index in [2.05, 4.69) is 4.98 Å². The minimum absolute atomic E-state index is 0.0946. The van der Waals surface area contributed by atoms with Crippen LogP contribution in [0.1, 0.15) is 18.2 Å². The van der Waals surface area contributed by atoms with Gasteiger partial charge >= 0.3 is 0 Å². The van der Waals surface area contributed by atoms with Gasteiger partial charge < -0.3 is 5.73 Å². The molecular formula is C10H14F2N2. The van der Waals surface area contributed by atoms with Crippen LogP contribution >= 0.6 is 0 Å². The Morgan fingerprint density at radius 3 is 2.71 bits per heavy atom. The first-order valence-corrected chi connectivity index (χ1v) is 4.41.